The maximum atomic E-state index is 12.3. The molecule has 0 radical (unpaired) electrons. The summed E-state index contributed by atoms with van der Waals surface area (Å²) in [5.41, 5.74) is 1.76. The van der Waals surface area contributed by atoms with Crippen LogP contribution in [0.2, 0.25) is 5.02 Å². The van der Waals surface area contributed by atoms with Crippen molar-refractivity contribution in [1.82, 2.24) is 15.6 Å². The number of thiophene rings is 1. The molecule has 0 saturated heterocycles. The van der Waals surface area contributed by atoms with Crippen LogP contribution in [0.4, 0.5) is 4.79 Å². The average molecular weight is 428 g/mol. The molecule has 4 aromatic rings. The maximum absolute atomic E-state index is 12.3. The van der Waals surface area contributed by atoms with Crippen LogP contribution in [-0.2, 0) is 17.8 Å². The molecular weight excluding hydrogens is 410 g/mol. The highest BCUT2D eigenvalue weighted by molar-refractivity contribution is 7.19. The van der Waals surface area contributed by atoms with E-state index in [4.69, 9.17) is 11.6 Å². The first kappa shape index (κ1) is 19.3. The number of aromatic amines is 1. The summed E-state index contributed by atoms with van der Waals surface area (Å²) < 4.78 is 1.04. The minimum atomic E-state index is -1.09. The second-order valence-corrected chi connectivity index (χ2v) is 8.13. The molecule has 1 atom stereocenters. The molecule has 2 heterocycles. The molecule has 4 N–H and O–H groups in total. The number of carbonyl (C=O) groups is 2. The minimum Gasteiger partial charge on any atom is -0.480 e. The predicted molar refractivity (Wildman–Crippen MR) is 116 cm³/mol. The van der Waals surface area contributed by atoms with Crippen LogP contribution in [0.15, 0.2) is 54.7 Å². The van der Waals surface area contributed by atoms with Crippen LogP contribution in [0, 0.1) is 0 Å². The monoisotopic (exact) mass is 427 g/mol. The summed E-state index contributed by atoms with van der Waals surface area (Å²) in [5, 5.41) is 17.3. The summed E-state index contributed by atoms with van der Waals surface area (Å²) in [6.07, 6.45) is 1.95. The molecule has 2 amide bonds. The van der Waals surface area contributed by atoms with Crippen molar-refractivity contribution in [3.05, 3.63) is 70.2 Å². The topological polar surface area (TPSA) is 94.2 Å². The van der Waals surface area contributed by atoms with E-state index in [2.05, 4.69) is 15.6 Å². The van der Waals surface area contributed by atoms with Gasteiger partial charge in [-0.2, -0.15) is 0 Å². The number of amides is 2. The third-order valence-corrected chi connectivity index (χ3v) is 6.43. The number of H-pyrrole nitrogens is 1. The Bertz CT molecular complexity index is 1200. The van der Waals surface area contributed by atoms with E-state index < -0.39 is 18.0 Å². The number of carboxylic acid groups (broad SMARTS) is 1. The molecule has 29 heavy (non-hydrogen) atoms. The van der Waals surface area contributed by atoms with E-state index in [-0.39, 0.29) is 13.0 Å². The van der Waals surface area contributed by atoms with Gasteiger partial charge >= 0.3 is 12.0 Å². The first-order valence-corrected chi connectivity index (χ1v) is 10.2. The molecule has 4 rings (SSSR count). The standard InChI is InChI=1S/C21H18ClN3O3S/c22-19-14-6-2-4-8-17(14)29-18(19)11-24-21(28)25-16(20(26)27)9-12-10-23-15-7-3-1-5-13(12)15/h1-8,10,16,23H,9,11H2,(H,26,27)(H2,24,25,28)/t16-/m1/s1. The molecule has 0 aliphatic rings. The Morgan fingerprint density at radius 2 is 1.83 bits per heavy atom. The normalized spacial score (nSPS) is 12.2. The predicted octanol–water partition coefficient (Wildman–Crippen LogP) is 4.53. The van der Waals surface area contributed by atoms with E-state index in [1.165, 1.54) is 11.3 Å². The quantitative estimate of drug-likeness (QED) is 0.364. The van der Waals surface area contributed by atoms with Crippen LogP contribution in [-0.4, -0.2) is 28.1 Å². The molecule has 2 aromatic carbocycles. The van der Waals surface area contributed by atoms with Gasteiger partial charge in [0.1, 0.15) is 6.04 Å². The molecular formula is C21H18ClN3O3S. The lowest BCUT2D eigenvalue weighted by Gasteiger charge is -2.15. The molecule has 0 fully saturated rings. The van der Waals surface area contributed by atoms with E-state index in [0.717, 1.165) is 31.4 Å². The van der Waals surface area contributed by atoms with Gasteiger partial charge in [0.2, 0.25) is 0 Å². The number of aromatic nitrogens is 1. The number of rotatable bonds is 6. The number of benzene rings is 2. The summed E-state index contributed by atoms with van der Waals surface area (Å²) in [6, 6.07) is 13.8. The fourth-order valence-corrected chi connectivity index (χ4v) is 4.71. The summed E-state index contributed by atoms with van der Waals surface area (Å²) >= 11 is 7.89. The number of para-hydroxylation sites is 1. The lowest BCUT2D eigenvalue weighted by Crippen LogP contribution is -2.46. The van der Waals surface area contributed by atoms with Crippen molar-refractivity contribution >= 4 is 55.9 Å². The second kappa shape index (κ2) is 8.14. The van der Waals surface area contributed by atoms with E-state index in [1.54, 1.807) is 6.20 Å². The molecule has 0 saturated carbocycles. The first-order valence-electron chi connectivity index (χ1n) is 9.01. The highest BCUT2D eigenvalue weighted by atomic mass is 35.5. The molecule has 0 bridgehead atoms. The van der Waals surface area contributed by atoms with Crippen LogP contribution >= 0.6 is 22.9 Å². The highest BCUT2D eigenvalue weighted by Crippen LogP contribution is 2.34. The summed E-state index contributed by atoms with van der Waals surface area (Å²) in [6.45, 7) is 0.226. The van der Waals surface area contributed by atoms with Crippen molar-refractivity contribution in [3.63, 3.8) is 0 Å². The van der Waals surface area contributed by atoms with Crippen LogP contribution in [0.5, 0.6) is 0 Å². The second-order valence-electron chi connectivity index (χ2n) is 6.62. The van der Waals surface area contributed by atoms with Crippen LogP contribution in [0.1, 0.15) is 10.4 Å². The summed E-state index contributed by atoms with van der Waals surface area (Å²) in [5.74, 6) is -1.09. The van der Waals surface area contributed by atoms with Crippen molar-refractivity contribution in [1.29, 1.82) is 0 Å². The van der Waals surface area contributed by atoms with E-state index >= 15 is 0 Å². The summed E-state index contributed by atoms with van der Waals surface area (Å²) in [4.78, 5) is 27.9. The first-order chi connectivity index (χ1) is 14.0. The van der Waals surface area contributed by atoms with Crippen molar-refractivity contribution in [3.8, 4) is 0 Å². The third kappa shape index (κ3) is 4.06. The van der Waals surface area contributed by atoms with Gasteiger partial charge in [0, 0.05) is 38.5 Å². The van der Waals surface area contributed by atoms with Crippen molar-refractivity contribution in [2.45, 2.75) is 19.0 Å². The highest BCUT2D eigenvalue weighted by Gasteiger charge is 2.22. The van der Waals surface area contributed by atoms with E-state index in [0.29, 0.717) is 5.02 Å². The molecule has 148 valence electrons. The van der Waals surface area contributed by atoms with Gasteiger partial charge in [0.15, 0.2) is 0 Å². The van der Waals surface area contributed by atoms with Crippen LogP contribution < -0.4 is 10.6 Å². The smallest absolute Gasteiger partial charge is 0.326 e. The van der Waals surface area contributed by atoms with Gasteiger partial charge in [-0.15, -0.1) is 11.3 Å². The van der Waals surface area contributed by atoms with Crippen LogP contribution in [0.3, 0.4) is 0 Å². The Balaban J connectivity index is 1.42. The van der Waals surface area contributed by atoms with Gasteiger partial charge < -0.3 is 20.7 Å². The number of carbonyl (C=O) groups excluding carboxylic acids is 1. The van der Waals surface area contributed by atoms with Gasteiger partial charge in [-0.25, -0.2) is 9.59 Å². The van der Waals surface area contributed by atoms with Gasteiger partial charge in [0.25, 0.3) is 0 Å². The largest absolute Gasteiger partial charge is 0.480 e. The minimum absolute atomic E-state index is 0.177. The Kier molecular flexibility index (Phi) is 5.42. The zero-order chi connectivity index (χ0) is 20.4. The van der Waals surface area contributed by atoms with Gasteiger partial charge in [-0.1, -0.05) is 48.0 Å². The summed E-state index contributed by atoms with van der Waals surface area (Å²) in [7, 11) is 0. The molecule has 0 spiro atoms. The molecule has 6 nitrogen and oxygen atoms in total. The SMILES string of the molecule is O=C(NCc1sc2ccccc2c1Cl)N[C@H](Cc1c[nH]c2ccccc12)C(=O)O. The third-order valence-electron chi connectivity index (χ3n) is 4.71. The number of nitrogens with one attached hydrogen (secondary N) is 3. The Morgan fingerprint density at radius 3 is 2.59 bits per heavy atom. The van der Waals surface area contributed by atoms with Gasteiger partial charge in [-0.05, 0) is 17.7 Å². The van der Waals surface area contributed by atoms with E-state index in [9.17, 15) is 14.7 Å². The zero-order valence-corrected chi connectivity index (χ0v) is 16.8. The van der Waals surface area contributed by atoms with Crippen molar-refractivity contribution < 1.29 is 14.7 Å². The van der Waals surface area contributed by atoms with E-state index in [1.807, 2.05) is 48.5 Å². The molecule has 0 aliphatic heterocycles. The van der Waals surface area contributed by atoms with Gasteiger partial charge in [-0.3, -0.25) is 0 Å². The fraction of sp³-hybridized carbons (Fsp3) is 0.143. The molecule has 2 aromatic heterocycles. The van der Waals surface area contributed by atoms with Crippen LogP contribution in [0.25, 0.3) is 21.0 Å². The lowest BCUT2D eigenvalue weighted by molar-refractivity contribution is -0.139. The molecule has 8 heteroatoms. The number of hydrogen-bond donors (Lipinski definition) is 4. The fourth-order valence-electron chi connectivity index (χ4n) is 3.27. The Morgan fingerprint density at radius 1 is 1.10 bits per heavy atom. The zero-order valence-electron chi connectivity index (χ0n) is 15.2. The Hall–Kier alpha value is -3.03. The maximum Gasteiger partial charge on any atom is 0.326 e. The number of urea groups is 1. The lowest BCUT2D eigenvalue weighted by atomic mass is 10.1. The number of halogens is 1. The van der Waals surface area contributed by atoms with Gasteiger partial charge in [0.05, 0.1) is 11.6 Å². The average Bonchev–Trinajstić information content (AvgIpc) is 3.27. The number of hydrogen-bond acceptors (Lipinski definition) is 3. The number of fused-ring (bicyclic) bond motifs is 2. The Labute approximate surface area is 175 Å². The molecule has 0 unspecified atom stereocenters. The van der Waals surface area contributed by atoms with Crippen molar-refractivity contribution in [2.75, 3.05) is 0 Å². The number of carboxylic acids is 1. The molecule has 0 aliphatic carbocycles. The van der Waals surface area contributed by atoms with Crippen molar-refractivity contribution in [2.24, 2.45) is 0 Å². The number of aliphatic carboxylic acids is 1.